The van der Waals surface area contributed by atoms with Crippen molar-refractivity contribution in [3.8, 4) is 11.5 Å². The zero-order valence-corrected chi connectivity index (χ0v) is 15.9. The Balaban J connectivity index is 1.64. The number of para-hydroxylation sites is 1. The van der Waals surface area contributed by atoms with Gasteiger partial charge in [-0.3, -0.25) is 0 Å². The van der Waals surface area contributed by atoms with Crippen molar-refractivity contribution in [3.63, 3.8) is 0 Å². The molecule has 0 aromatic heterocycles. The van der Waals surface area contributed by atoms with Crippen LogP contribution >= 0.6 is 11.8 Å². The fourth-order valence-electron chi connectivity index (χ4n) is 2.54. The molecule has 0 N–H and O–H groups in total. The van der Waals surface area contributed by atoms with Gasteiger partial charge in [0.05, 0.1) is 6.61 Å². The average molecular weight is 352 g/mol. The van der Waals surface area contributed by atoms with E-state index in [1.54, 1.807) is 11.8 Å². The molecule has 0 fully saturated rings. The van der Waals surface area contributed by atoms with Crippen LogP contribution in [0, 0.1) is 5.92 Å². The van der Waals surface area contributed by atoms with Crippen molar-refractivity contribution in [3.05, 3.63) is 76.9 Å². The third kappa shape index (κ3) is 4.29. The second kappa shape index (κ2) is 7.83. The van der Waals surface area contributed by atoms with Gasteiger partial charge in [-0.25, -0.2) is 0 Å². The van der Waals surface area contributed by atoms with Crippen LogP contribution in [0.1, 0.15) is 31.9 Å². The molecule has 0 saturated heterocycles. The predicted molar refractivity (Wildman–Crippen MR) is 107 cm³/mol. The van der Waals surface area contributed by atoms with Crippen molar-refractivity contribution in [2.75, 3.05) is 6.61 Å². The Kier molecular flexibility index (Phi) is 5.54. The van der Waals surface area contributed by atoms with Gasteiger partial charge in [-0.1, -0.05) is 62.5 Å². The Morgan fingerprint density at radius 2 is 1.80 bits per heavy atom. The van der Waals surface area contributed by atoms with Crippen LogP contribution in [0.5, 0.6) is 11.5 Å². The van der Waals surface area contributed by atoms with Crippen molar-refractivity contribution < 1.29 is 9.47 Å². The summed E-state index contributed by atoms with van der Waals surface area (Å²) in [5.74, 6) is 3.20. The van der Waals surface area contributed by atoms with Gasteiger partial charge < -0.3 is 9.47 Å². The standard InChI is InChI=1S/C22H24O2S/c1-15(2)13-23-19-11-9-18(10-12-19)14-25-22-17(4)16(3)20-7-5-6-8-21(20)24-22/h5-12,15H,3,13-14H2,1-2,4H3. The topological polar surface area (TPSA) is 18.5 Å². The van der Waals surface area contributed by atoms with Gasteiger partial charge in [0.15, 0.2) is 5.09 Å². The van der Waals surface area contributed by atoms with Crippen LogP contribution in [0.4, 0.5) is 0 Å². The Morgan fingerprint density at radius 1 is 1.08 bits per heavy atom. The summed E-state index contributed by atoms with van der Waals surface area (Å²) in [4.78, 5) is 0. The summed E-state index contributed by atoms with van der Waals surface area (Å²) in [5.41, 5.74) is 4.48. The van der Waals surface area contributed by atoms with Crippen LogP contribution in [-0.4, -0.2) is 6.61 Å². The van der Waals surface area contributed by atoms with E-state index in [2.05, 4.69) is 45.5 Å². The minimum atomic E-state index is 0.532. The zero-order chi connectivity index (χ0) is 17.8. The molecule has 0 saturated carbocycles. The van der Waals surface area contributed by atoms with E-state index in [4.69, 9.17) is 9.47 Å². The van der Waals surface area contributed by atoms with Gasteiger partial charge in [0.25, 0.3) is 0 Å². The van der Waals surface area contributed by atoms with Gasteiger partial charge in [0.1, 0.15) is 11.5 Å². The Morgan fingerprint density at radius 3 is 2.52 bits per heavy atom. The van der Waals surface area contributed by atoms with Gasteiger partial charge in [-0.2, -0.15) is 0 Å². The number of allylic oxidation sites excluding steroid dienone is 2. The van der Waals surface area contributed by atoms with Crippen LogP contribution in [0.25, 0.3) is 5.57 Å². The van der Waals surface area contributed by atoms with Gasteiger partial charge >= 0.3 is 0 Å². The summed E-state index contributed by atoms with van der Waals surface area (Å²) < 4.78 is 11.8. The number of thioether (sulfide) groups is 1. The summed E-state index contributed by atoms with van der Waals surface area (Å²) >= 11 is 1.71. The van der Waals surface area contributed by atoms with Crippen LogP contribution in [0.2, 0.25) is 0 Å². The average Bonchev–Trinajstić information content (AvgIpc) is 2.62. The minimum Gasteiger partial charge on any atom is -0.493 e. The first-order chi connectivity index (χ1) is 12.0. The molecule has 0 radical (unpaired) electrons. The molecule has 3 rings (SSSR count). The molecule has 3 heteroatoms. The van der Waals surface area contributed by atoms with Gasteiger partial charge in [-0.15, -0.1) is 0 Å². The first-order valence-corrected chi connectivity index (χ1v) is 9.55. The summed E-state index contributed by atoms with van der Waals surface area (Å²) in [5, 5.41) is 0.934. The van der Waals surface area contributed by atoms with Crippen LogP contribution in [0.3, 0.4) is 0 Å². The third-order valence-corrected chi connectivity index (χ3v) is 5.18. The molecule has 2 nitrogen and oxygen atoms in total. The number of hydrogen-bond acceptors (Lipinski definition) is 3. The first kappa shape index (κ1) is 17.7. The highest BCUT2D eigenvalue weighted by Crippen LogP contribution is 2.41. The number of rotatable bonds is 6. The SMILES string of the molecule is C=C1C(C)=C(SCc2ccc(OCC(C)C)cc2)Oc2ccccc21. The molecule has 2 aromatic carbocycles. The lowest BCUT2D eigenvalue weighted by atomic mass is 9.99. The molecule has 0 amide bonds. The maximum atomic E-state index is 6.08. The fraction of sp³-hybridized carbons (Fsp3) is 0.273. The maximum Gasteiger partial charge on any atom is 0.164 e. The van der Waals surface area contributed by atoms with E-state index in [0.717, 1.165) is 45.7 Å². The van der Waals surface area contributed by atoms with Gasteiger partial charge in [0, 0.05) is 16.9 Å². The van der Waals surface area contributed by atoms with Crippen molar-refractivity contribution in [2.24, 2.45) is 5.92 Å². The Labute approximate surface area is 154 Å². The smallest absolute Gasteiger partial charge is 0.164 e. The van der Waals surface area contributed by atoms with Crippen LogP contribution < -0.4 is 9.47 Å². The lowest BCUT2D eigenvalue weighted by Gasteiger charge is -2.23. The van der Waals surface area contributed by atoms with E-state index in [0.29, 0.717) is 5.92 Å². The molecule has 0 bridgehead atoms. The van der Waals surface area contributed by atoms with Gasteiger partial charge in [0.2, 0.25) is 0 Å². The molecule has 0 unspecified atom stereocenters. The maximum absolute atomic E-state index is 6.08. The number of benzene rings is 2. The number of fused-ring (bicyclic) bond motifs is 1. The first-order valence-electron chi connectivity index (χ1n) is 8.56. The van der Waals surface area contributed by atoms with Crippen LogP contribution in [-0.2, 0) is 5.75 Å². The lowest BCUT2D eigenvalue weighted by molar-refractivity contribution is 0.271. The van der Waals surface area contributed by atoms with Crippen molar-refractivity contribution in [1.82, 2.24) is 0 Å². The van der Waals surface area contributed by atoms with Crippen LogP contribution in [0.15, 0.2) is 65.8 Å². The molecule has 130 valence electrons. The Bertz CT molecular complexity index is 788. The molecule has 0 aliphatic carbocycles. The number of hydrogen-bond donors (Lipinski definition) is 0. The third-order valence-electron chi connectivity index (χ3n) is 4.05. The second-order valence-electron chi connectivity index (χ2n) is 6.63. The largest absolute Gasteiger partial charge is 0.493 e. The molecule has 25 heavy (non-hydrogen) atoms. The summed E-state index contributed by atoms with van der Waals surface area (Å²) in [7, 11) is 0. The summed E-state index contributed by atoms with van der Waals surface area (Å²) in [6.07, 6.45) is 0. The quantitative estimate of drug-likeness (QED) is 0.608. The molecular weight excluding hydrogens is 328 g/mol. The molecule has 0 spiro atoms. The molecule has 1 aliphatic heterocycles. The molecular formula is C22H24O2S. The van der Waals surface area contributed by atoms with Crippen molar-refractivity contribution in [1.29, 1.82) is 0 Å². The van der Waals surface area contributed by atoms with E-state index < -0.39 is 0 Å². The molecule has 1 aliphatic rings. The van der Waals surface area contributed by atoms with E-state index in [1.165, 1.54) is 5.56 Å². The number of ether oxygens (including phenoxy) is 2. The summed E-state index contributed by atoms with van der Waals surface area (Å²) in [6.45, 7) is 11.3. The van der Waals surface area contributed by atoms with Crippen molar-refractivity contribution >= 4 is 17.3 Å². The van der Waals surface area contributed by atoms with E-state index in [-0.39, 0.29) is 0 Å². The molecule has 2 aromatic rings. The zero-order valence-electron chi connectivity index (χ0n) is 15.0. The fourth-order valence-corrected chi connectivity index (χ4v) is 3.52. The van der Waals surface area contributed by atoms with Gasteiger partial charge in [-0.05, 0) is 42.2 Å². The minimum absolute atomic E-state index is 0.532. The summed E-state index contributed by atoms with van der Waals surface area (Å²) in [6, 6.07) is 16.4. The lowest BCUT2D eigenvalue weighted by Crippen LogP contribution is -2.06. The highest BCUT2D eigenvalue weighted by molar-refractivity contribution is 8.02. The highest BCUT2D eigenvalue weighted by atomic mass is 32.2. The highest BCUT2D eigenvalue weighted by Gasteiger charge is 2.20. The molecule has 1 heterocycles. The van der Waals surface area contributed by atoms with E-state index in [9.17, 15) is 0 Å². The monoisotopic (exact) mass is 352 g/mol. The predicted octanol–water partition coefficient (Wildman–Crippen LogP) is 6.29. The van der Waals surface area contributed by atoms with E-state index >= 15 is 0 Å². The second-order valence-corrected chi connectivity index (χ2v) is 7.57. The van der Waals surface area contributed by atoms with E-state index in [1.807, 2.05) is 30.3 Å². The normalized spacial score (nSPS) is 13.7. The molecule has 0 atom stereocenters. The Hall–Kier alpha value is -2.13. The van der Waals surface area contributed by atoms with Crippen molar-refractivity contribution in [2.45, 2.75) is 26.5 Å².